The minimum atomic E-state index is -4.13. The zero-order chi connectivity index (χ0) is 31.7. The van der Waals surface area contributed by atoms with Gasteiger partial charge in [-0.2, -0.15) is 0 Å². The first-order valence-corrected chi connectivity index (χ1v) is 16.4. The standard InChI is InChI=1S/C36H41N3O4S/c1-5-29(4)37-36(41)34(24-30-12-8-6-9-13-30)38(25-31-14-10-7-11-15-31)35(40)26-39(32-20-16-27(2)17-21-32)44(42,43)33-22-18-28(3)19-23-33/h6-23,29,34H,5,24-26H2,1-4H3,(H,37,41)/t29-,34-/m0/s1. The fourth-order valence-corrected chi connectivity index (χ4v) is 6.27. The summed E-state index contributed by atoms with van der Waals surface area (Å²) in [6.45, 7) is 7.37. The summed E-state index contributed by atoms with van der Waals surface area (Å²) in [5.74, 6) is -0.763. The van der Waals surface area contributed by atoms with Gasteiger partial charge in [0, 0.05) is 19.0 Å². The van der Waals surface area contributed by atoms with Crippen molar-refractivity contribution >= 4 is 27.5 Å². The van der Waals surface area contributed by atoms with Crippen molar-refractivity contribution in [1.82, 2.24) is 10.2 Å². The third kappa shape index (κ3) is 8.35. The SMILES string of the molecule is CC[C@H](C)NC(=O)[C@H](Cc1ccccc1)N(Cc1ccccc1)C(=O)CN(c1ccc(C)cc1)S(=O)(=O)c1ccc(C)cc1. The Morgan fingerprint density at radius 1 is 0.750 bits per heavy atom. The van der Waals surface area contributed by atoms with Crippen LogP contribution < -0.4 is 9.62 Å². The first-order valence-electron chi connectivity index (χ1n) is 14.9. The van der Waals surface area contributed by atoms with E-state index in [0.717, 1.165) is 33.0 Å². The summed E-state index contributed by atoms with van der Waals surface area (Å²) >= 11 is 0. The lowest BCUT2D eigenvalue weighted by molar-refractivity contribution is -0.140. The largest absolute Gasteiger partial charge is 0.352 e. The highest BCUT2D eigenvalue weighted by atomic mass is 32.2. The molecule has 0 unspecified atom stereocenters. The summed E-state index contributed by atoms with van der Waals surface area (Å²) in [5.41, 5.74) is 3.98. The molecule has 1 N–H and O–H groups in total. The van der Waals surface area contributed by atoms with Crippen molar-refractivity contribution in [3.8, 4) is 0 Å². The number of aryl methyl sites for hydroxylation is 2. The molecular formula is C36H41N3O4S. The van der Waals surface area contributed by atoms with E-state index in [1.807, 2.05) is 100 Å². The third-order valence-corrected chi connectivity index (χ3v) is 9.47. The van der Waals surface area contributed by atoms with Crippen molar-refractivity contribution in [3.63, 3.8) is 0 Å². The van der Waals surface area contributed by atoms with E-state index < -0.39 is 28.5 Å². The Morgan fingerprint density at radius 2 is 1.27 bits per heavy atom. The van der Waals surface area contributed by atoms with Crippen molar-refractivity contribution in [1.29, 1.82) is 0 Å². The van der Waals surface area contributed by atoms with E-state index in [-0.39, 0.29) is 29.8 Å². The van der Waals surface area contributed by atoms with Crippen LogP contribution in [0.2, 0.25) is 0 Å². The van der Waals surface area contributed by atoms with Gasteiger partial charge in [0.05, 0.1) is 10.6 Å². The lowest BCUT2D eigenvalue weighted by Gasteiger charge is -2.34. The minimum Gasteiger partial charge on any atom is -0.352 e. The highest BCUT2D eigenvalue weighted by molar-refractivity contribution is 7.92. The lowest BCUT2D eigenvalue weighted by atomic mass is 10.0. The first-order chi connectivity index (χ1) is 21.1. The molecule has 44 heavy (non-hydrogen) atoms. The smallest absolute Gasteiger partial charge is 0.264 e. The van der Waals surface area contributed by atoms with Gasteiger partial charge in [0.15, 0.2) is 0 Å². The number of rotatable bonds is 13. The number of sulfonamides is 1. The van der Waals surface area contributed by atoms with Crippen LogP contribution in [-0.4, -0.2) is 43.8 Å². The summed E-state index contributed by atoms with van der Waals surface area (Å²) in [6.07, 6.45) is 1.00. The molecule has 0 saturated heterocycles. The van der Waals surface area contributed by atoms with Crippen LogP contribution in [0.5, 0.6) is 0 Å². The van der Waals surface area contributed by atoms with Gasteiger partial charge in [-0.1, -0.05) is 103 Å². The number of nitrogens with zero attached hydrogens (tertiary/aromatic N) is 2. The van der Waals surface area contributed by atoms with Crippen LogP contribution in [0.4, 0.5) is 5.69 Å². The minimum absolute atomic E-state index is 0.0847. The number of nitrogens with one attached hydrogen (secondary N) is 1. The van der Waals surface area contributed by atoms with Crippen molar-refractivity contribution in [3.05, 3.63) is 131 Å². The van der Waals surface area contributed by atoms with E-state index in [2.05, 4.69) is 5.32 Å². The number of hydrogen-bond donors (Lipinski definition) is 1. The van der Waals surface area contributed by atoms with Crippen LogP contribution in [0.25, 0.3) is 0 Å². The fraction of sp³-hybridized carbons (Fsp3) is 0.278. The summed E-state index contributed by atoms with van der Waals surface area (Å²) < 4.78 is 29.3. The Bertz CT molecular complexity index is 1620. The molecule has 0 fully saturated rings. The van der Waals surface area contributed by atoms with E-state index in [9.17, 15) is 18.0 Å². The van der Waals surface area contributed by atoms with E-state index in [4.69, 9.17) is 0 Å². The molecule has 0 spiro atoms. The van der Waals surface area contributed by atoms with Crippen LogP contribution in [0.15, 0.2) is 114 Å². The van der Waals surface area contributed by atoms with Crippen LogP contribution in [0.1, 0.15) is 42.5 Å². The van der Waals surface area contributed by atoms with E-state index in [0.29, 0.717) is 5.69 Å². The zero-order valence-electron chi connectivity index (χ0n) is 25.8. The van der Waals surface area contributed by atoms with Crippen LogP contribution in [0.3, 0.4) is 0 Å². The summed E-state index contributed by atoms with van der Waals surface area (Å²) in [4.78, 5) is 29.9. The van der Waals surface area contributed by atoms with Gasteiger partial charge in [-0.05, 0) is 62.6 Å². The molecule has 0 aliphatic heterocycles. The molecule has 2 atom stereocenters. The molecule has 230 valence electrons. The third-order valence-electron chi connectivity index (χ3n) is 7.68. The van der Waals surface area contributed by atoms with Crippen molar-refractivity contribution in [2.75, 3.05) is 10.8 Å². The molecule has 0 aromatic heterocycles. The molecule has 4 rings (SSSR count). The van der Waals surface area contributed by atoms with Gasteiger partial charge < -0.3 is 10.2 Å². The number of hydrogen-bond acceptors (Lipinski definition) is 4. The molecule has 7 nitrogen and oxygen atoms in total. The average molecular weight is 612 g/mol. The topological polar surface area (TPSA) is 86.8 Å². The Labute approximate surface area is 261 Å². The van der Waals surface area contributed by atoms with Crippen LogP contribution in [0, 0.1) is 13.8 Å². The second-order valence-corrected chi connectivity index (χ2v) is 13.1. The first kappa shape index (κ1) is 32.5. The van der Waals surface area contributed by atoms with Crippen molar-refractivity contribution in [2.24, 2.45) is 0 Å². The molecule has 0 aliphatic carbocycles. The van der Waals surface area contributed by atoms with E-state index in [1.54, 1.807) is 36.4 Å². The maximum atomic E-state index is 14.5. The summed E-state index contributed by atoms with van der Waals surface area (Å²) in [7, 11) is -4.13. The molecule has 0 aliphatic rings. The summed E-state index contributed by atoms with van der Waals surface area (Å²) in [6, 6.07) is 31.6. The van der Waals surface area contributed by atoms with E-state index in [1.165, 1.54) is 4.90 Å². The van der Waals surface area contributed by atoms with Gasteiger partial charge in [-0.25, -0.2) is 8.42 Å². The maximum Gasteiger partial charge on any atom is 0.264 e. The number of carbonyl (C=O) groups is 2. The second-order valence-electron chi connectivity index (χ2n) is 11.2. The molecule has 8 heteroatoms. The Kier molecular flexibility index (Phi) is 11.0. The number of amides is 2. The fourth-order valence-electron chi connectivity index (χ4n) is 4.85. The molecular weight excluding hydrogens is 570 g/mol. The Morgan fingerprint density at radius 3 is 1.82 bits per heavy atom. The Hall–Kier alpha value is -4.43. The second kappa shape index (κ2) is 14.8. The zero-order valence-corrected chi connectivity index (χ0v) is 26.6. The van der Waals surface area contributed by atoms with Crippen LogP contribution >= 0.6 is 0 Å². The van der Waals surface area contributed by atoms with Gasteiger partial charge >= 0.3 is 0 Å². The molecule has 0 bridgehead atoms. The van der Waals surface area contributed by atoms with Crippen LogP contribution in [-0.2, 0) is 32.6 Å². The number of benzene rings is 4. The van der Waals surface area contributed by atoms with Gasteiger partial charge in [0.2, 0.25) is 11.8 Å². The molecule has 4 aromatic rings. The van der Waals surface area contributed by atoms with Gasteiger partial charge in [0.25, 0.3) is 10.0 Å². The molecule has 0 saturated carbocycles. The predicted molar refractivity (Wildman–Crippen MR) is 176 cm³/mol. The number of anilines is 1. The van der Waals surface area contributed by atoms with Crippen molar-refractivity contribution in [2.45, 2.75) is 64.1 Å². The van der Waals surface area contributed by atoms with E-state index >= 15 is 0 Å². The highest BCUT2D eigenvalue weighted by Crippen LogP contribution is 2.26. The lowest BCUT2D eigenvalue weighted by Crippen LogP contribution is -2.54. The quantitative estimate of drug-likeness (QED) is 0.199. The molecule has 4 aromatic carbocycles. The maximum absolute atomic E-state index is 14.5. The average Bonchev–Trinajstić information content (AvgIpc) is 3.03. The molecule has 0 heterocycles. The Balaban J connectivity index is 1.79. The van der Waals surface area contributed by atoms with Crippen molar-refractivity contribution < 1.29 is 18.0 Å². The summed E-state index contributed by atoms with van der Waals surface area (Å²) in [5, 5.41) is 3.06. The van der Waals surface area contributed by atoms with Gasteiger partial charge in [-0.15, -0.1) is 0 Å². The molecule has 0 radical (unpaired) electrons. The monoisotopic (exact) mass is 611 g/mol. The van der Waals surface area contributed by atoms with Gasteiger partial charge in [-0.3, -0.25) is 13.9 Å². The molecule has 2 amide bonds. The van der Waals surface area contributed by atoms with Gasteiger partial charge in [0.1, 0.15) is 12.6 Å². The normalized spacial score (nSPS) is 12.6. The highest BCUT2D eigenvalue weighted by Gasteiger charge is 2.35. The predicted octanol–water partition coefficient (Wildman–Crippen LogP) is 6.05. The number of carbonyl (C=O) groups excluding carboxylic acids is 2.